The van der Waals surface area contributed by atoms with Crippen LogP contribution in [0.3, 0.4) is 0 Å². The fourth-order valence-corrected chi connectivity index (χ4v) is 3.11. The number of fused-ring (bicyclic) bond motifs is 2. The molecule has 0 aromatic carbocycles. The van der Waals surface area contributed by atoms with Crippen LogP contribution in [-0.2, 0) is 0 Å². The van der Waals surface area contributed by atoms with Crippen molar-refractivity contribution in [1.29, 1.82) is 0 Å². The minimum atomic E-state index is 0.626. The first-order valence-electron chi connectivity index (χ1n) is 6.40. The van der Waals surface area contributed by atoms with E-state index >= 15 is 0 Å². The summed E-state index contributed by atoms with van der Waals surface area (Å²) in [6.45, 7) is 0. The van der Waals surface area contributed by atoms with Gasteiger partial charge in [-0.05, 0) is 24.7 Å². The highest BCUT2D eigenvalue weighted by Crippen LogP contribution is 2.34. The highest BCUT2D eigenvalue weighted by Gasteiger charge is 2.26. The zero-order valence-corrected chi connectivity index (χ0v) is 9.98. The van der Waals surface area contributed by atoms with E-state index in [-0.39, 0.29) is 0 Å². The summed E-state index contributed by atoms with van der Waals surface area (Å²) in [6.07, 6.45) is 10.2. The maximum atomic E-state index is 5.85. The number of nitrogen functional groups attached to an aromatic ring is 1. The fourth-order valence-electron chi connectivity index (χ4n) is 3.11. The minimum absolute atomic E-state index is 0.626. The van der Waals surface area contributed by atoms with Gasteiger partial charge in [0.25, 0.3) is 0 Å². The number of nitrogens with zero attached hydrogens (tertiary/aromatic N) is 2. The second-order valence-electron chi connectivity index (χ2n) is 5.18. The molecular formula is C13H15N5. The van der Waals surface area contributed by atoms with E-state index in [1.54, 1.807) is 6.20 Å². The Bertz CT molecular complexity index is 669. The van der Waals surface area contributed by atoms with Crippen LogP contribution in [0, 0.1) is 11.8 Å². The Kier molecular flexibility index (Phi) is 1.92. The molecule has 2 aromatic rings. The zero-order valence-electron chi connectivity index (χ0n) is 9.98. The number of hydrogen-bond donors (Lipinski definition) is 3. The van der Waals surface area contributed by atoms with Crippen molar-refractivity contribution < 1.29 is 0 Å². The van der Waals surface area contributed by atoms with Gasteiger partial charge < -0.3 is 10.7 Å². The number of anilines is 1. The summed E-state index contributed by atoms with van der Waals surface area (Å²) >= 11 is 0. The van der Waals surface area contributed by atoms with Crippen LogP contribution in [0.25, 0.3) is 23.7 Å². The van der Waals surface area contributed by atoms with Gasteiger partial charge in [0.2, 0.25) is 0 Å². The summed E-state index contributed by atoms with van der Waals surface area (Å²) in [7, 11) is 0. The molecule has 2 aliphatic carbocycles. The number of nitrogens with one attached hydrogen (secondary N) is 2. The Morgan fingerprint density at radius 3 is 2.83 bits per heavy atom. The van der Waals surface area contributed by atoms with Crippen molar-refractivity contribution in [3.05, 3.63) is 16.9 Å². The van der Waals surface area contributed by atoms with E-state index in [0.29, 0.717) is 17.5 Å². The molecule has 2 atom stereocenters. The molecule has 0 aliphatic heterocycles. The second-order valence-corrected chi connectivity index (χ2v) is 5.18. The summed E-state index contributed by atoms with van der Waals surface area (Å²) < 4.78 is 0. The number of aromatic nitrogens is 4. The Morgan fingerprint density at radius 1 is 1.22 bits per heavy atom. The molecule has 0 spiro atoms. The van der Waals surface area contributed by atoms with E-state index < -0.39 is 0 Å². The zero-order chi connectivity index (χ0) is 12.1. The largest absolute Gasteiger partial charge is 0.396 e. The van der Waals surface area contributed by atoms with Crippen molar-refractivity contribution in [3.63, 3.8) is 0 Å². The quantitative estimate of drug-likeness (QED) is 0.674. The first-order valence-corrected chi connectivity index (χ1v) is 6.40. The predicted octanol–water partition coefficient (Wildman–Crippen LogP) is 0.373. The lowest BCUT2D eigenvalue weighted by Gasteiger charge is -2.13. The molecule has 0 radical (unpaired) electrons. The summed E-state index contributed by atoms with van der Waals surface area (Å²) in [5, 5.41) is 9.00. The number of hydrogen-bond acceptors (Lipinski definition) is 3. The molecule has 2 aromatic heterocycles. The third-order valence-electron chi connectivity index (χ3n) is 4.04. The lowest BCUT2D eigenvalue weighted by atomic mass is 9.92. The molecule has 4 rings (SSSR count). The Hall–Kier alpha value is -2.04. The van der Waals surface area contributed by atoms with Gasteiger partial charge in [0.15, 0.2) is 5.82 Å². The highest BCUT2D eigenvalue weighted by atomic mass is 15.1. The van der Waals surface area contributed by atoms with Gasteiger partial charge in [0.1, 0.15) is 5.69 Å². The van der Waals surface area contributed by atoms with Crippen molar-refractivity contribution in [2.75, 3.05) is 5.73 Å². The smallest absolute Gasteiger partial charge is 0.158 e. The fraction of sp³-hybridized carbons (Fsp3) is 0.385. The number of nitrogens with two attached hydrogens (primary N) is 1. The number of rotatable bonds is 1. The Labute approximate surface area is 104 Å². The van der Waals surface area contributed by atoms with Crippen molar-refractivity contribution >= 4 is 17.8 Å². The van der Waals surface area contributed by atoms with Gasteiger partial charge in [0.05, 0.1) is 22.6 Å². The highest BCUT2D eigenvalue weighted by molar-refractivity contribution is 5.66. The Balaban J connectivity index is 1.88. The van der Waals surface area contributed by atoms with Crippen LogP contribution in [0.15, 0.2) is 6.20 Å². The van der Waals surface area contributed by atoms with Crippen LogP contribution in [0.2, 0.25) is 0 Å². The van der Waals surface area contributed by atoms with Crippen LogP contribution in [0.1, 0.15) is 19.3 Å². The Morgan fingerprint density at radius 2 is 2.06 bits per heavy atom. The van der Waals surface area contributed by atoms with E-state index in [0.717, 1.165) is 22.2 Å². The van der Waals surface area contributed by atoms with Crippen LogP contribution in [0.5, 0.6) is 0 Å². The maximum absolute atomic E-state index is 5.85. The molecule has 1 fully saturated rings. The average Bonchev–Trinajstić information content (AvgIpc) is 3.02. The van der Waals surface area contributed by atoms with Crippen LogP contribution >= 0.6 is 0 Å². The molecule has 1 saturated carbocycles. The van der Waals surface area contributed by atoms with Gasteiger partial charge in [0, 0.05) is 0 Å². The summed E-state index contributed by atoms with van der Waals surface area (Å²) in [6, 6.07) is 0. The van der Waals surface area contributed by atoms with Crippen LogP contribution < -0.4 is 16.4 Å². The van der Waals surface area contributed by atoms with Crippen molar-refractivity contribution in [2.24, 2.45) is 11.8 Å². The molecule has 2 unspecified atom stereocenters. The van der Waals surface area contributed by atoms with Gasteiger partial charge >= 0.3 is 0 Å². The van der Waals surface area contributed by atoms with Gasteiger partial charge in [-0.1, -0.05) is 18.6 Å². The molecule has 0 saturated heterocycles. The van der Waals surface area contributed by atoms with E-state index in [1.165, 1.54) is 19.3 Å². The van der Waals surface area contributed by atoms with E-state index in [1.807, 2.05) is 0 Å². The normalized spacial score (nSPS) is 25.1. The van der Waals surface area contributed by atoms with Gasteiger partial charge in [-0.25, -0.2) is 4.98 Å². The summed E-state index contributed by atoms with van der Waals surface area (Å²) in [5.74, 6) is 2.14. The molecular weight excluding hydrogens is 226 g/mol. The molecule has 92 valence electrons. The number of imidazole rings is 1. The maximum Gasteiger partial charge on any atom is 0.158 e. The van der Waals surface area contributed by atoms with Crippen LogP contribution in [0.4, 0.5) is 5.69 Å². The van der Waals surface area contributed by atoms with Crippen LogP contribution in [-0.4, -0.2) is 20.2 Å². The van der Waals surface area contributed by atoms with Gasteiger partial charge in [-0.3, -0.25) is 5.10 Å². The summed E-state index contributed by atoms with van der Waals surface area (Å²) in [4.78, 5) is 7.96. The van der Waals surface area contributed by atoms with Crippen molar-refractivity contribution in [2.45, 2.75) is 19.3 Å². The van der Waals surface area contributed by atoms with E-state index in [2.05, 4.69) is 32.3 Å². The van der Waals surface area contributed by atoms with E-state index in [4.69, 9.17) is 5.73 Å². The molecule has 5 heteroatoms. The van der Waals surface area contributed by atoms with Gasteiger partial charge in [-0.2, -0.15) is 5.10 Å². The lowest BCUT2D eigenvalue weighted by molar-refractivity contribution is 0.606. The molecule has 5 nitrogen and oxygen atoms in total. The molecule has 2 aliphatic rings. The number of aromatic amines is 2. The first-order chi connectivity index (χ1) is 8.81. The topological polar surface area (TPSA) is 83.4 Å². The minimum Gasteiger partial charge on any atom is -0.396 e. The van der Waals surface area contributed by atoms with Crippen molar-refractivity contribution in [3.8, 4) is 11.5 Å². The average molecular weight is 241 g/mol. The second kappa shape index (κ2) is 3.48. The molecule has 18 heavy (non-hydrogen) atoms. The molecule has 0 bridgehead atoms. The molecule has 4 N–H and O–H groups in total. The van der Waals surface area contributed by atoms with Gasteiger partial charge in [-0.15, -0.1) is 0 Å². The third kappa shape index (κ3) is 1.33. The number of H-pyrrole nitrogens is 2. The first kappa shape index (κ1) is 9.94. The third-order valence-corrected chi connectivity index (χ3v) is 4.04. The standard InChI is InChI=1S/C13H15N5/c14-9-6-15-18-12(9)13-16-10-4-7-2-1-3-8(7)5-11(10)17-13/h4-8H,1-3,14H2,(H,15,18)(H,16,17). The van der Waals surface area contributed by atoms with E-state index in [9.17, 15) is 0 Å². The molecule has 0 amide bonds. The lowest BCUT2D eigenvalue weighted by Crippen LogP contribution is -2.31. The summed E-state index contributed by atoms with van der Waals surface area (Å²) in [5.41, 5.74) is 7.25. The monoisotopic (exact) mass is 241 g/mol. The SMILES string of the molecule is Nc1cn[nH]c1-c1nc2c([nH]1)=CC1CCCC1C=2. The molecule has 2 heterocycles. The predicted molar refractivity (Wildman–Crippen MR) is 69.6 cm³/mol. The van der Waals surface area contributed by atoms with Crippen molar-refractivity contribution in [1.82, 2.24) is 20.2 Å².